The molecule has 0 aromatic heterocycles. The lowest BCUT2D eigenvalue weighted by atomic mass is 9.48. The Labute approximate surface area is 56.6 Å². The second kappa shape index (κ2) is 1.51. The first-order valence-electron chi connectivity index (χ1n) is 4.00. The minimum absolute atomic E-state index is 0.533. The summed E-state index contributed by atoms with van der Waals surface area (Å²) >= 11 is 0. The molecule has 2 atom stereocenters. The molecule has 2 unspecified atom stereocenters. The second-order valence-corrected chi connectivity index (χ2v) is 3.87. The molecule has 1 nitrogen and oxygen atoms in total. The monoisotopic (exact) mass is 125 g/mol. The maximum atomic E-state index is 5.81. The maximum Gasteiger partial charge on any atom is 0.00752 e. The largest absolute Gasteiger partial charge is 0.327 e. The Morgan fingerprint density at radius 2 is 2.11 bits per heavy atom. The van der Waals surface area contributed by atoms with E-state index in [2.05, 4.69) is 6.92 Å². The van der Waals surface area contributed by atoms with E-state index in [1.165, 1.54) is 25.7 Å². The van der Waals surface area contributed by atoms with Crippen LogP contribution in [-0.2, 0) is 0 Å². The van der Waals surface area contributed by atoms with Gasteiger partial charge in [0, 0.05) is 6.04 Å². The van der Waals surface area contributed by atoms with Crippen LogP contribution in [0.25, 0.3) is 0 Å². The average molecular weight is 125 g/mol. The Morgan fingerprint density at radius 1 is 1.44 bits per heavy atom. The molecule has 0 aliphatic heterocycles. The number of rotatable bonds is 0. The summed E-state index contributed by atoms with van der Waals surface area (Å²) in [6.45, 7) is 2.31. The van der Waals surface area contributed by atoms with E-state index in [-0.39, 0.29) is 0 Å². The molecule has 0 radical (unpaired) electrons. The molecule has 9 heavy (non-hydrogen) atoms. The average Bonchev–Trinajstić information content (AvgIpc) is 1.77. The topological polar surface area (TPSA) is 26.0 Å². The molecule has 0 amide bonds. The van der Waals surface area contributed by atoms with E-state index in [9.17, 15) is 0 Å². The van der Waals surface area contributed by atoms with Gasteiger partial charge in [-0.1, -0.05) is 13.3 Å². The van der Waals surface area contributed by atoms with E-state index in [1.54, 1.807) is 0 Å². The first-order chi connectivity index (χ1) is 4.25. The Kier molecular flexibility index (Phi) is 0.963. The van der Waals surface area contributed by atoms with Gasteiger partial charge in [0.1, 0.15) is 0 Å². The summed E-state index contributed by atoms with van der Waals surface area (Å²) < 4.78 is 0. The Balaban J connectivity index is 2.02. The van der Waals surface area contributed by atoms with Crippen LogP contribution in [-0.4, -0.2) is 6.04 Å². The summed E-state index contributed by atoms with van der Waals surface area (Å²) in [7, 11) is 0. The van der Waals surface area contributed by atoms with Gasteiger partial charge < -0.3 is 5.73 Å². The Morgan fingerprint density at radius 3 is 2.22 bits per heavy atom. The van der Waals surface area contributed by atoms with Crippen LogP contribution in [0.5, 0.6) is 0 Å². The zero-order valence-corrected chi connectivity index (χ0v) is 6.06. The third-order valence-corrected chi connectivity index (χ3v) is 3.60. The molecule has 2 N–H and O–H groups in total. The normalized spacial score (nSPS) is 46.0. The van der Waals surface area contributed by atoms with Crippen LogP contribution in [0.15, 0.2) is 0 Å². The SMILES string of the molecule is CC1C(N)CC12CCC2. The van der Waals surface area contributed by atoms with Crippen LogP contribution in [0.4, 0.5) is 0 Å². The summed E-state index contributed by atoms with van der Waals surface area (Å²) in [6, 6.07) is 0.533. The van der Waals surface area contributed by atoms with E-state index in [0.717, 1.165) is 11.3 Å². The zero-order chi connectivity index (χ0) is 6.48. The second-order valence-electron chi connectivity index (χ2n) is 3.87. The van der Waals surface area contributed by atoms with Crippen LogP contribution in [0, 0.1) is 11.3 Å². The van der Waals surface area contributed by atoms with Gasteiger partial charge in [-0.2, -0.15) is 0 Å². The molecule has 1 spiro atoms. The highest BCUT2D eigenvalue weighted by molar-refractivity contribution is 5.05. The molecule has 0 aromatic carbocycles. The van der Waals surface area contributed by atoms with E-state index < -0.39 is 0 Å². The zero-order valence-electron chi connectivity index (χ0n) is 6.06. The molecule has 52 valence electrons. The highest BCUT2D eigenvalue weighted by atomic mass is 14.8. The molecule has 2 rings (SSSR count). The third-order valence-electron chi connectivity index (χ3n) is 3.60. The molecular weight excluding hydrogens is 110 g/mol. The highest BCUT2D eigenvalue weighted by Crippen LogP contribution is 2.58. The van der Waals surface area contributed by atoms with Crippen molar-refractivity contribution < 1.29 is 0 Å². The van der Waals surface area contributed by atoms with Gasteiger partial charge in [-0.25, -0.2) is 0 Å². The fraction of sp³-hybridized carbons (Fsp3) is 1.00. The molecule has 0 aromatic rings. The van der Waals surface area contributed by atoms with E-state index in [0.29, 0.717) is 6.04 Å². The van der Waals surface area contributed by atoms with Gasteiger partial charge in [0.15, 0.2) is 0 Å². The van der Waals surface area contributed by atoms with Crippen molar-refractivity contribution in [2.75, 3.05) is 0 Å². The van der Waals surface area contributed by atoms with Crippen molar-refractivity contribution in [1.82, 2.24) is 0 Å². The summed E-state index contributed by atoms with van der Waals surface area (Å²) in [4.78, 5) is 0. The minimum atomic E-state index is 0.533. The van der Waals surface area contributed by atoms with E-state index in [1.807, 2.05) is 0 Å². The first-order valence-corrected chi connectivity index (χ1v) is 4.00. The van der Waals surface area contributed by atoms with E-state index >= 15 is 0 Å². The summed E-state index contributed by atoms with van der Waals surface area (Å²) in [5, 5.41) is 0. The third kappa shape index (κ3) is 0.536. The maximum absolute atomic E-state index is 5.81. The van der Waals surface area contributed by atoms with Crippen LogP contribution < -0.4 is 5.73 Å². The smallest absolute Gasteiger partial charge is 0.00752 e. The minimum Gasteiger partial charge on any atom is -0.327 e. The summed E-state index contributed by atoms with van der Waals surface area (Å²) in [5.74, 6) is 0.825. The van der Waals surface area contributed by atoms with Gasteiger partial charge >= 0.3 is 0 Å². The molecule has 1 heteroatoms. The summed E-state index contributed by atoms with van der Waals surface area (Å²) in [5.41, 5.74) is 6.56. The van der Waals surface area contributed by atoms with Crippen molar-refractivity contribution in [3.05, 3.63) is 0 Å². The quantitative estimate of drug-likeness (QED) is 0.522. The molecule has 2 aliphatic carbocycles. The molecule has 0 saturated heterocycles. The molecular formula is C8H15N. The highest BCUT2D eigenvalue weighted by Gasteiger charge is 2.52. The number of hydrogen-bond donors (Lipinski definition) is 1. The lowest BCUT2D eigenvalue weighted by molar-refractivity contribution is -0.0572. The predicted molar refractivity (Wildman–Crippen MR) is 38.0 cm³/mol. The van der Waals surface area contributed by atoms with Gasteiger partial charge in [0.05, 0.1) is 0 Å². The fourth-order valence-corrected chi connectivity index (χ4v) is 2.42. The number of nitrogens with two attached hydrogens (primary N) is 1. The Hall–Kier alpha value is -0.0400. The molecule has 0 bridgehead atoms. The molecule has 2 aliphatic rings. The predicted octanol–water partition coefficient (Wildman–Crippen LogP) is 1.52. The molecule has 2 saturated carbocycles. The van der Waals surface area contributed by atoms with Crippen molar-refractivity contribution in [1.29, 1.82) is 0 Å². The van der Waals surface area contributed by atoms with Crippen molar-refractivity contribution in [3.63, 3.8) is 0 Å². The van der Waals surface area contributed by atoms with Crippen LogP contribution in [0.1, 0.15) is 32.6 Å². The Bertz CT molecular complexity index is 127. The van der Waals surface area contributed by atoms with Gasteiger partial charge in [-0.05, 0) is 30.6 Å². The van der Waals surface area contributed by atoms with Gasteiger partial charge in [-0.15, -0.1) is 0 Å². The first kappa shape index (κ1) is 5.72. The van der Waals surface area contributed by atoms with Gasteiger partial charge in [0.25, 0.3) is 0 Å². The lowest BCUT2D eigenvalue weighted by Crippen LogP contribution is -2.57. The summed E-state index contributed by atoms with van der Waals surface area (Å²) in [6.07, 6.45) is 5.69. The fourth-order valence-electron chi connectivity index (χ4n) is 2.42. The van der Waals surface area contributed by atoms with Crippen LogP contribution in [0.2, 0.25) is 0 Å². The van der Waals surface area contributed by atoms with Crippen LogP contribution in [0.3, 0.4) is 0 Å². The standard InChI is InChI=1S/C8H15N/c1-6-7(9)5-8(6)3-2-4-8/h6-7H,2-5,9H2,1H3. The molecule has 0 heterocycles. The number of hydrogen-bond acceptors (Lipinski definition) is 1. The van der Waals surface area contributed by atoms with Gasteiger partial charge in [0.2, 0.25) is 0 Å². The van der Waals surface area contributed by atoms with Crippen molar-refractivity contribution in [2.24, 2.45) is 17.1 Å². The van der Waals surface area contributed by atoms with Crippen molar-refractivity contribution in [2.45, 2.75) is 38.6 Å². The van der Waals surface area contributed by atoms with Crippen LogP contribution >= 0.6 is 0 Å². The molecule has 2 fully saturated rings. The van der Waals surface area contributed by atoms with E-state index in [4.69, 9.17) is 5.73 Å². The lowest BCUT2D eigenvalue weighted by Gasteiger charge is -2.58. The van der Waals surface area contributed by atoms with Crippen molar-refractivity contribution >= 4 is 0 Å². The van der Waals surface area contributed by atoms with Crippen molar-refractivity contribution in [3.8, 4) is 0 Å². The van der Waals surface area contributed by atoms with Gasteiger partial charge in [-0.3, -0.25) is 0 Å².